The molecule has 0 aromatic heterocycles. The third-order valence-electron chi connectivity index (χ3n) is 3.04. The van der Waals surface area contributed by atoms with Gasteiger partial charge >= 0.3 is 5.97 Å². The molecule has 0 aliphatic carbocycles. The Morgan fingerprint density at radius 2 is 1.62 bits per heavy atom. The smallest absolute Gasteiger partial charge is 0.313 e. The van der Waals surface area contributed by atoms with Gasteiger partial charge in [-0.2, -0.15) is 0 Å². The highest BCUT2D eigenvalue weighted by atomic mass is 35.5. The van der Waals surface area contributed by atoms with Gasteiger partial charge in [-0.15, -0.1) is 0 Å². The van der Waals surface area contributed by atoms with Crippen LogP contribution in [0.25, 0.3) is 0 Å². The molecule has 1 N–H and O–H groups in total. The number of benzene rings is 2. The van der Waals surface area contributed by atoms with Gasteiger partial charge < -0.3 is 10.1 Å². The molecular formula is C17H14Cl3NO3. The lowest BCUT2D eigenvalue weighted by Gasteiger charge is -2.09. The van der Waals surface area contributed by atoms with Crippen LogP contribution in [0, 0.1) is 0 Å². The summed E-state index contributed by atoms with van der Waals surface area (Å²) in [6.45, 7) is 0.160. The van der Waals surface area contributed by atoms with Crippen LogP contribution in [-0.4, -0.2) is 18.4 Å². The Kier molecular flexibility index (Phi) is 6.91. The molecule has 0 atom stereocenters. The first-order valence-electron chi connectivity index (χ1n) is 7.11. The summed E-state index contributed by atoms with van der Waals surface area (Å²) in [6.07, 6.45) is 0.251. The zero-order valence-corrected chi connectivity index (χ0v) is 14.8. The molecule has 24 heavy (non-hydrogen) atoms. The van der Waals surface area contributed by atoms with Gasteiger partial charge in [-0.1, -0.05) is 65.1 Å². The summed E-state index contributed by atoms with van der Waals surface area (Å²) in [5.74, 6) is -0.666. The minimum absolute atomic E-state index is 0.00415. The maximum absolute atomic E-state index is 11.8. The predicted octanol–water partition coefficient (Wildman–Crippen LogP) is 4.30. The van der Waals surface area contributed by atoms with Crippen LogP contribution in [0.15, 0.2) is 42.5 Å². The summed E-state index contributed by atoms with van der Waals surface area (Å²) < 4.78 is 5.12. The molecule has 7 heteroatoms. The fraction of sp³-hybridized carbons (Fsp3) is 0.176. The SMILES string of the molecule is O=C(Cc1ccccc1)NCCC(=O)Oc1c(Cl)cc(Cl)cc1Cl. The molecule has 0 aliphatic rings. The maximum Gasteiger partial charge on any atom is 0.313 e. The number of amides is 1. The standard InChI is InChI=1S/C17H14Cl3NO3/c18-12-9-13(19)17(14(20)10-12)24-16(23)6-7-21-15(22)8-11-4-2-1-3-5-11/h1-5,9-10H,6-8H2,(H,21,22). The van der Waals surface area contributed by atoms with Crippen LogP contribution in [0.4, 0.5) is 0 Å². The molecule has 4 nitrogen and oxygen atoms in total. The predicted molar refractivity (Wildman–Crippen MR) is 94.9 cm³/mol. The number of ether oxygens (including phenoxy) is 1. The van der Waals surface area contributed by atoms with Crippen molar-refractivity contribution in [1.82, 2.24) is 5.32 Å². The third kappa shape index (κ3) is 5.71. The first-order chi connectivity index (χ1) is 11.5. The monoisotopic (exact) mass is 385 g/mol. The highest BCUT2D eigenvalue weighted by Gasteiger charge is 2.14. The van der Waals surface area contributed by atoms with E-state index in [-0.39, 0.29) is 41.1 Å². The molecule has 0 spiro atoms. The molecule has 0 saturated heterocycles. The Labute approximate surface area is 154 Å². The molecule has 0 saturated carbocycles. The Morgan fingerprint density at radius 1 is 1.00 bits per heavy atom. The largest absolute Gasteiger partial charge is 0.423 e. The van der Waals surface area contributed by atoms with Crippen LogP contribution in [0.1, 0.15) is 12.0 Å². The topological polar surface area (TPSA) is 55.4 Å². The molecule has 0 aliphatic heterocycles. The van der Waals surface area contributed by atoms with Crippen LogP contribution in [0.5, 0.6) is 5.75 Å². The fourth-order valence-corrected chi connectivity index (χ4v) is 2.83. The number of rotatable bonds is 6. The Hall–Kier alpha value is -1.75. The summed E-state index contributed by atoms with van der Waals surface area (Å²) in [5.41, 5.74) is 0.900. The quantitative estimate of drug-likeness (QED) is 0.595. The number of hydrogen-bond donors (Lipinski definition) is 1. The lowest BCUT2D eigenvalue weighted by Crippen LogP contribution is -2.28. The second-order valence-electron chi connectivity index (χ2n) is 4.93. The number of halogens is 3. The van der Waals surface area contributed by atoms with Crippen molar-refractivity contribution in [3.63, 3.8) is 0 Å². The average molecular weight is 387 g/mol. The van der Waals surface area contributed by atoms with Gasteiger partial charge in [-0.05, 0) is 17.7 Å². The van der Waals surface area contributed by atoms with Crippen LogP contribution in [0.2, 0.25) is 15.1 Å². The fourth-order valence-electron chi connectivity index (χ4n) is 1.94. The molecule has 2 aromatic carbocycles. The minimum atomic E-state index is -0.555. The molecule has 126 valence electrons. The maximum atomic E-state index is 11.8. The van der Waals surface area contributed by atoms with Gasteiger partial charge in [-0.3, -0.25) is 9.59 Å². The number of carbonyl (C=O) groups is 2. The Morgan fingerprint density at radius 3 is 2.25 bits per heavy atom. The highest BCUT2D eigenvalue weighted by Crippen LogP contribution is 2.35. The zero-order chi connectivity index (χ0) is 17.5. The molecule has 0 heterocycles. The van der Waals surface area contributed by atoms with Gasteiger partial charge in [0.05, 0.1) is 22.9 Å². The first-order valence-corrected chi connectivity index (χ1v) is 8.25. The molecule has 2 aromatic rings. The normalized spacial score (nSPS) is 10.3. The van der Waals surface area contributed by atoms with Gasteiger partial charge in [0, 0.05) is 11.6 Å². The van der Waals surface area contributed by atoms with E-state index in [4.69, 9.17) is 39.5 Å². The molecular weight excluding hydrogens is 373 g/mol. The number of carbonyl (C=O) groups excluding carboxylic acids is 2. The second kappa shape index (κ2) is 8.92. The first kappa shape index (κ1) is 18.6. The van der Waals surface area contributed by atoms with Crippen LogP contribution in [-0.2, 0) is 16.0 Å². The summed E-state index contributed by atoms with van der Waals surface area (Å²) in [6, 6.07) is 12.2. The van der Waals surface area contributed by atoms with E-state index in [1.807, 2.05) is 30.3 Å². The van der Waals surface area contributed by atoms with E-state index in [1.54, 1.807) is 0 Å². The van der Waals surface area contributed by atoms with Crippen LogP contribution < -0.4 is 10.1 Å². The summed E-state index contributed by atoms with van der Waals surface area (Å²) in [7, 11) is 0. The second-order valence-corrected chi connectivity index (χ2v) is 6.19. The van der Waals surface area contributed by atoms with Crippen molar-refractivity contribution in [1.29, 1.82) is 0 Å². The molecule has 0 bridgehead atoms. The zero-order valence-electron chi connectivity index (χ0n) is 12.5. The van der Waals surface area contributed by atoms with Gasteiger partial charge in [0.1, 0.15) is 0 Å². The number of nitrogens with one attached hydrogen (secondary N) is 1. The van der Waals surface area contributed by atoms with Gasteiger partial charge in [0.25, 0.3) is 0 Å². The van der Waals surface area contributed by atoms with Gasteiger partial charge in [0.15, 0.2) is 5.75 Å². The molecule has 0 radical (unpaired) electrons. The van der Waals surface area contributed by atoms with Crippen molar-refractivity contribution >= 4 is 46.7 Å². The van der Waals surface area contributed by atoms with E-state index in [0.717, 1.165) is 5.56 Å². The summed E-state index contributed by atoms with van der Waals surface area (Å²) >= 11 is 17.7. The van der Waals surface area contributed by atoms with Crippen molar-refractivity contribution in [2.24, 2.45) is 0 Å². The Bertz CT molecular complexity index is 712. The van der Waals surface area contributed by atoms with Crippen molar-refractivity contribution in [2.75, 3.05) is 6.54 Å². The van der Waals surface area contributed by atoms with Gasteiger partial charge in [-0.25, -0.2) is 0 Å². The average Bonchev–Trinajstić information content (AvgIpc) is 2.52. The minimum Gasteiger partial charge on any atom is -0.423 e. The van der Waals surface area contributed by atoms with Crippen molar-refractivity contribution < 1.29 is 14.3 Å². The molecule has 0 fully saturated rings. The number of hydrogen-bond acceptors (Lipinski definition) is 3. The summed E-state index contributed by atoms with van der Waals surface area (Å²) in [4.78, 5) is 23.6. The molecule has 2 rings (SSSR count). The van der Waals surface area contributed by atoms with E-state index >= 15 is 0 Å². The number of esters is 1. The van der Waals surface area contributed by atoms with Crippen molar-refractivity contribution in [2.45, 2.75) is 12.8 Å². The Balaban J connectivity index is 1.78. The lowest BCUT2D eigenvalue weighted by molar-refractivity contribution is -0.134. The van der Waals surface area contributed by atoms with Crippen LogP contribution in [0.3, 0.4) is 0 Å². The lowest BCUT2D eigenvalue weighted by atomic mass is 10.1. The van der Waals surface area contributed by atoms with E-state index < -0.39 is 5.97 Å². The third-order valence-corrected chi connectivity index (χ3v) is 3.82. The van der Waals surface area contributed by atoms with E-state index in [2.05, 4.69) is 5.32 Å². The molecule has 1 amide bonds. The van der Waals surface area contributed by atoms with Crippen LogP contribution >= 0.6 is 34.8 Å². The molecule has 0 unspecified atom stereocenters. The van der Waals surface area contributed by atoms with E-state index in [9.17, 15) is 9.59 Å². The van der Waals surface area contributed by atoms with E-state index in [0.29, 0.717) is 5.02 Å². The summed E-state index contributed by atoms with van der Waals surface area (Å²) in [5, 5.41) is 3.30. The van der Waals surface area contributed by atoms with Crippen molar-refractivity contribution in [3.05, 3.63) is 63.1 Å². The highest BCUT2D eigenvalue weighted by molar-refractivity contribution is 6.40. The van der Waals surface area contributed by atoms with E-state index in [1.165, 1.54) is 12.1 Å². The van der Waals surface area contributed by atoms with Gasteiger partial charge in [0.2, 0.25) is 5.91 Å². The van der Waals surface area contributed by atoms with Crippen molar-refractivity contribution in [3.8, 4) is 5.75 Å².